The molecule has 0 unspecified atom stereocenters. The maximum Gasteiger partial charge on any atom is 0.248 e. The fourth-order valence-corrected chi connectivity index (χ4v) is 3.88. The molecule has 0 aliphatic carbocycles. The van der Waals surface area contributed by atoms with Crippen molar-refractivity contribution >= 4 is 27.5 Å². The molecule has 1 heterocycles. The Kier molecular flexibility index (Phi) is 6.58. The van der Waals surface area contributed by atoms with Crippen molar-refractivity contribution in [2.24, 2.45) is 0 Å². The van der Waals surface area contributed by atoms with E-state index in [0.717, 1.165) is 11.6 Å². The summed E-state index contributed by atoms with van der Waals surface area (Å²) in [5.41, 5.74) is 1.20. The Bertz CT molecular complexity index is 1160. The van der Waals surface area contributed by atoms with Crippen molar-refractivity contribution in [1.29, 1.82) is 0 Å². The number of anilines is 1. The van der Waals surface area contributed by atoms with Crippen molar-refractivity contribution in [2.75, 3.05) is 11.9 Å². The zero-order valence-corrected chi connectivity index (χ0v) is 16.9. The molecule has 0 atom stereocenters. The predicted molar refractivity (Wildman–Crippen MR) is 111 cm³/mol. The van der Waals surface area contributed by atoms with E-state index in [1.165, 1.54) is 42.5 Å². The molecule has 0 saturated carbocycles. The van der Waals surface area contributed by atoms with E-state index in [1.807, 2.05) is 0 Å². The minimum atomic E-state index is -3.91. The largest absolute Gasteiger partial charge is 0.491 e. The van der Waals surface area contributed by atoms with Gasteiger partial charge in [0.15, 0.2) is 11.6 Å². The zero-order valence-electron chi connectivity index (χ0n) is 16.1. The highest BCUT2D eigenvalue weighted by Gasteiger charge is 2.19. The molecule has 3 rings (SSSR count). The van der Waals surface area contributed by atoms with Gasteiger partial charge in [0, 0.05) is 24.2 Å². The van der Waals surface area contributed by atoms with Crippen molar-refractivity contribution in [1.82, 2.24) is 4.98 Å². The average Bonchev–Trinajstić information content (AvgIpc) is 2.75. The van der Waals surface area contributed by atoms with Gasteiger partial charge in [-0.15, -0.1) is 0 Å². The molecule has 0 aliphatic rings. The van der Waals surface area contributed by atoms with Gasteiger partial charge in [0.05, 0.1) is 16.4 Å². The summed E-state index contributed by atoms with van der Waals surface area (Å²) >= 11 is 0. The summed E-state index contributed by atoms with van der Waals surface area (Å²) in [6, 6.07) is 12.7. The van der Waals surface area contributed by atoms with Gasteiger partial charge in [-0.2, -0.15) is 0 Å². The van der Waals surface area contributed by atoms with Gasteiger partial charge in [-0.1, -0.05) is 6.07 Å². The molecule has 0 spiro atoms. The number of carbonyl (C=O) groups excluding carboxylic acids is 1. The van der Waals surface area contributed by atoms with Gasteiger partial charge in [0.25, 0.3) is 0 Å². The molecule has 0 radical (unpaired) electrons. The van der Waals surface area contributed by atoms with Crippen LogP contribution in [-0.2, 0) is 14.6 Å². The van der Waals surface area contributed by atoms with Gasteiger partial charge < -0.3 is 10.1 Å². The number of nitrogens with zero attached hydrogens (tertiary/aromatic N) is 1. The van der Waals surface area contributed by atoms with Crippen LogP contribution in [0.25, 0.3) is 6.08 Å². The van der Waals surface area contributed by atoms with Crippen molar-refractivity contribution in [3.63, 3.8) is 0 Å². The van der Waals surface area contributed by atoms with Crippen LogP contribution in [0, 0.1) is 5.82 Å². The molecule has 6 nitrogen and oxygen atoms in total. The number of nitrogens with one attached hydrogen (secondary N) is 1. The molecule has 0 fully saturated rings. The van der Waals surface area contributed by atoms with Crippen molar-refractivity contribution in [3.05, 3.63) is 84.4 Å². The fourth-order valence-electron chi connectivity index (χ4n) is 2.61. The van der Waals surface area contributed by atoms with E-state index in [4.69, 9.17) is 4.74 Å². The van der Waals surface area contributed by atoms with Crippen LogP contribution in [0.2, 0.25) is 0 Å². The lowest BCUT2D eigenvalue weighted by atomic mass is 10.2. The third kappa shape index (κ3) is 5.09. The molecule has 1 amide bonds. The van der Waals surface area contributed by atoms with Gasteiger partial charge in [-0.05, 0) is 67.1 Å². The zero-order chi connectivity index (χ0) is 21.6. The molecule has 0 bridgehead atoms. The van der Waals surface area contributed by atoms with Crippen LogP contribution >= 0.6 is 0 Å². The topological polar surface area (TPSA) is 85.4 Å². The maximum absolute atomic E-state index is 14.0. The van der Waals surface area contributed by atoms with Crippen LogP contribution < -0.4 is 10.1 Å². The number of benzene rings is 2. The van der Waals surface area contributed by atoms with E-state index in [-0.39, 0.29) is 28.1 Å². The van der Waals surface area contributed by atoms with Crippen LogP contribution in [0.4, 0.5) is 10.1 Å². The van der Waals surface area contributed by atoms with Gasteiger partial charge in [-0.25, -0.2) is 12.8 Å². The van der Waals surface area contributed by atoms with Crippen LogP contribution in [0.3, 0.4) is 0 Å². The first-order valence-electron chi connectivity index (χ1n) is 9.07. The molecule has 3 aromatic rings. The third-order valence-corrected chi connectivity index (χ3v) is 5.82. The van der Waals surface area contributed by atoms with E-state index < -0.39 is 15.7 Å². The number of carbonyl (C=O) groups is 1. The number of sulfone groups is 1. The van der Waals surface area contributed by atoms with E-state index in [0.29, 0.717) is 5.69 Å². The monoisotopic (exact) mass is 426 g/mol. The second-order valence-electron chi connectivity index (χ2n) is 6.16. The molecule has 8 heteroatoms. The molecule has 30 heavy (non-hydrogen) atoms. The summed E-state index contributed by atoms with van der Waals surface area (Å²) in [6.07, 6.45) is 6.22. The summed E-state index contributed by atoms with van der Waals surface area (Å²) < 4.78 is 44.6. The van der Waals surface area contributed by atoms with Crippen LogP contribution in [-0.4, -0.2) is 25.9 Å². The highest BCUT2D eigenvalue weighted by molar-refractivity contribution is 7.91. The average molecular weight is 426 g/mol. The van der Waals surface area contributed by atoms with Gasteiger partial charge in [0.2, 0.25) is 15.7 Å². The minimum absolute atomic E-state index is 0.00570. The van der Waals surface area contributed by atoms with Crippen molar-refractivity contribution in [3.8, 4) is 5.75 Å². The van der Waals surface area contributed by atoms with Crippen LogP contribution in [0.15, 0.2) is 82.9 Å². The Morgan fingerprint density at radius 2 is 1.87 bits per heavy atom. The SMILES string of the molecule is CCOc1ccc(S(=O)(=O)c2ccc(NC(=O)/C=C/c3cccnc3)cc2)cc1F. The number of rotatable bonds is 7. The molecule has 2 aromatic carbocycles. The molecule has 154 valence electrons. The second-order valence-corrected chi connectivity index (χ2v) is 8.11. The second kappa shape index (κ2) is 9.32. The number of pyridine rings is 1. The smallest absolute Gasteiger partial charge is 0.248 e. The Balaban J connectivity index is 1.72. The standard InChI is InChI=1S/C22H19FN2O4S/c1-2-29-21-11-10-19(14-20(21)23)30(27,28)18-8-6-17(7-9-18)25-22(26)12-5-16-4-3-13-24-15-16/h3-15H,2H2,1H3,(H,25,26)/b12-5+. The Labute approximate surface area is 174 Å². The fraction of sp³-hybridized carbons (Fsp3) is 0.0909. The predicted octanol–water partition coefficient (Wildman–Crippen LogP) is 4.10. The lowest BCUT2D eigenvalue weighted by Gasteiger charge is -2.09. The summed E-state index contributed by atoms with van der Waals surface area (Å²) in [6.45, 7) is 1.98. The Morgan fingerprint density at radius 1 is 1.13 bits per heavy atom. The maximum atomic E-state index is 14.0. The number of halogens is 1. The summed E-state index contributed by atoms with van der Waals surface area (Å²) in [5.74, 6) is -1.13. The molecule has 0 saturated heterocycles. The summed E-state index contributed by atoms with van der Waals surface area (Å²) in [4.78, 5) is 15.8. The quantitative estimate of drug-likeness (QED) is 0.575. The number of hydrogen-bond donors (Lipinski definition) is 1. The summed E-state index contributed by atoms with van der Waals surface area (Å²) in [5, 5.41) is 2.64. The normalized spacial score (nSPS) is 11.4. The van der Waals surface area contributed by atoms with Gasteiger partial charge in [0.1, 0.15) is 0 Å². The van der Waals surface area contributed by atoms with Crippen molar-refractivity contribution < 1.29 is 22.3 Å². The lowest BCUT2D eigenvalue weighted by Crippen LogP contribution is -2.08. The molecule has 1 aromatic heterocycles. The number of amides is 1. The third-order valence-electron chi connectivity index (χ3n) is 4.06. The van der Waals surface area contributed by atoms with Gasteiger partial charge >= 0.3 is 0 Å². The first-order valence-corrected chi connectivity index (χ1v) is 10.5. The molecular formula is C22H19FN2O4S. The highest BCUT2D eigenvalue weighted by Crippen LogP contribution is 2.26. The number of ether oxygens (including phenoxy) is 1. The first-order chi connectivity index (χ1) is 14.4. The van der Waals surface area contributed by atoms with E-state index in [9.17, 15) is 17.6 Å². The number of hydrogen-bond acceptors (Lipinski definition) is 5. The lowest BCUT2D eigenvalue weighted by molar-refractivity contribution is -0.111. The van der Waals surface area contributed by atoms with E-state index in [2.05, 4.69) is 10.3 Å². The molecular weight excluding hydrogens is 407 g/mol. The Morgan fingerprint density at radius 3 is 2.50 bits per heavy atom. The number of aromatic nitrogens is 1. The molecule has 1 N–H and O–H groups in total. The van der Waals surface area contributed by atoms with E-state index in [1.54, 1.807) is 37.5 Å². The van der Waals surface area contributed by atoms with Crippen LogP contribution in [0.1, 0.15) is 12.5 Å². The Hall–Kier alpha value is -3.52. The minimum Gasteiger partial charge on any atom is -0.491 e. The first kappa shape index (κ1) is 21.2. The molecule has 0 aliphatic heterocycles. The van der Waals surface area contributed by atoms with Crippen LogP contribution in [0.5, 0.6) is 5.75 Å². The van der Waals surface area contributed by atoms with E-state index >= 15 is 0 Å². The van der Waals surface area contributed by atoms with Crippen molar-refractivity contribution in [2.45, 2.75) is 16.7 Å². The van der Waals surface area contributed by atoms with Gasteiger partial charge in [-0.3, -0.25) is 9.78 Å². The summed E-state index contributed by atoms with van der Waals surface area (Å²) in [7, 11) is -3.91. The highest BCUT2D eigenvalue weighted by atomic mass is 32.2.